The molecule has 0 saturated heterocycles. The fraction of sp³-hybridized carbons (Fsp3) is 0.222. The summed E-state index contributed by atoms with van der Waals surface area (Å²) in [5.74, 6) is -0.802. The molecule has 1 N–H and O–H groups in total. The van der Waals surface area contributed by atoms with E-state index in [1.165, 1.54) is 16.7 Å². The van der Waals surface area contributed by atoms with E-state index in [-0.39, 0.29) is 11.1 Å². The summed E-state index contributed by atoms with van der Waals surface area (Å²) in [6.45, 7) is 0.998. The van der Waals surface area contributed by atoms with Gasteiger partial charge in [0, 0.05) is 11.6 Å². The monoisotopic (exact) mass is 361 g/mol. The van der Waals surface area contributed by atoms with Crippen LogP contribution in [-0.4, -0.2) is 22.2 Å². The van der Waals surface area contributed by atoms with Gasteiger partial charge >= 0.3 is 11.7 Å². The van der Waals surface area contributed by atoms with Gasteiger partial charge in [-0.25, -0.2) is 9.59 Å². The number of aromatic carboxylic acids is 1. The van der Waals surface area contributed by atoms with E-state index in [2.05, 4.69) is 0 Å². The van der Waals surface area contributed by atoms with Crippen LogP contribution in [0.1, 0.15) is 23.2 Å². The van der Waals surface area contributed by atoms with Crippen LogP contribution >= 0.6 is 11.6 Å². The molecule has 0 radical (unpaired) electrons. The van der Waals surface area contributed by atoms with Gasteiger partial charge < -0.3 is 14.3 Å². The molecule has 0 aliphatic rings. The fourth-order valence-corrected chi connectivity index (χ4v) is 2.63. The number of carboxylic acid groups (broad SMARTS) is 1. The SMILES string of the molecule is O=C(O)c1ccc2c(c1)oc(=O)n2CCCCOc1ccc(Cl)cc1. The second kappa shape index (κ2) is 7.44. The van der Waals surface area contributed by atoms with Crippen molar-refractivity contribution in [3.8, 4) is 5.75 Å². The summed E-state index contributed by atoms with van der Waals surface area (Å²) in [5, 5.41) is 9.64. The van der Waals surface area contributed by atoms with Crippen LogP contribution < -0.4 is 10.5 Å². The van der Waals surface area contributed by atoms with E-state index in [1.54, 1.807) is 30.3 Å². The van der Waals surface area contributed by atoms with Gasteiger partial charge in [0.2, 0.25) is 0 Å². The Kier molecular flexibility index (Phi) is 5.09. The first-order valence-electron chi connectivity index (χ1n) is 7.79. The normalized spacial score (nSPS) is 10.9. The molecule has 0 atom stereocenters. The first kappa shape index (κ1) is 17.1. The lowest BCUT2D eigenvalue weighted by Gasteiger charge is -2.06. The molecule has 3 rings (SSSR count). The van der Waals surface area contributed by atoms with E-state index in [9.17, 15) is 9.59 Å². The summed E-state index contributed by atoms with van der Waals surface area (Å²) < 4.78 is 12.2. The number of fused-ring (bicyclic) bond motifs is 1. The van der Waals surface area contributed by atoms with Crippen molar-refractivity contribution < 1.29 is 19.1 Å². The molecule has 1 aromatic heterocycles. The number of nitrogens with zero attached hydrogens (tertiary/aromatic N) is 1. The number of carboxylic acids is 1. The molecule has 0 aliphatic carbocycles. The van der Waals surface area contributed by atoms with Crippen molar-refractivity contribution in [3.63, 3.8) is 0 Å². The molecule has 1 heterocycles. The number of aromatic nitrogens is 1. The minimum atomic E-state index is -1.06. The van der Waals surface area contributed by atoms with E-state index < -0.39 is 11.7 Å². The third kappa shape index (κ3) is 4.03. The Balaban J connectivity index is 1.58. The first-order chi connectivity index (χ1) is 12.0. The topological polar surface area (TPSA) is 81.7 Å². The lowest BCUT2D eigenvalue weighted by Crippen LogP contribution is -2.14. The van der Waals surface area contributed by atoms with Crippen LogP contribution in [-0.2, 0) is 6.54 Å². The molecule has 0 aliphatic heterocycles. The second-order valence-corrected chi connectivity index (χ2v) is 5.95. The van der Waals surface area contributed by atoms with Crippen molar-refractivity contribution in [2.75, 3.05) is 6.61 Å². The molecule has 25 heavy (non-hydrogen) atoms. The van der Waals surface area contributed by atoms with Gasteiger partial charge in [-0.15, -0.1) is 0 Å². The summed E-state index contributed by atoms with van der Waals surface area (Å²) in [7, 11) is 0. The van der Waals surface area contributed by atoms with Gasteiger partial charge in [0.25, 0.3) is 0 Å². The zero-order valence-corrected chi connectivity index (χ0v) is 14.0. The number of benzene rings is 2. The summed E-state index contributed by atoms with van der Waals surface area (Å²) in [4.78, 5) is 22.9. The van der Waals surface area contributed by atoms with Crippen molar-refractivity contribution in [1.82, 2.24) is 4.57 Å². The molecule has 0 saturated carbocycles. The molecule has 0 spiro atoms. The average molecular weight is 362 g/mol. The maximum absolute atomic E-state index is 11.9. The van der Waals surface area contributed by atoms with Crippen LogP contribution in [0, 0.1) is 0 Å². The highest BCUT2D eigenvalue weighted by Crippen LogP contribution is 2.17. The van der Waals surface area contributed by atoms with Crippen LogP contribution in [0.15, 0.2) is 51.7 Å². The Morgan fingerprint density at radius 2 is 1.92 bits per heavy atom. The highest BCUT2D eigenvalue weighted by molar-refractivity contribution is 6.30. The molecule has 6 nitrogen and oxygen atoms in total. The summed E-state index contributed by atoms with van der Waals surface area (Å²) in [5.41, 5.74) is 0.959. The van der Waals surface area contributed by atoms with E-state index in [1.807, 2.05) is 0 Å². The number of unbranched alkanes of at least 4 members (excludes halogenated alkanes) is 1. The minimum absolute atomic E-state index is 0.0877. The smallest absolute Gasteiger partial charge is 0.419 e. The van der Waals surface area contributed by atoms with Crippen molar-refractivity contribution >= 4 is 28.7 Å². The minimum Gasteiger partial charge on any atom is -0.494 e. The highest BCUT2D eigenvalue weighted by atomic mass is 35.5. The molecular weight excluding hydrogens is 346 g/mol. The number of rotatable bonds is 7. The Hall–Kier alpha value is -2.73. The number of aryl methyl sites for hydroxylation is 1. The number of ether oxygens (including phenoxy) is 1. The quantitative estimate of drug-likeness (QED) is 0.647. The van der Waals surface area contributed by atoms with Gasteiger partial charge in [0.15, 0.2) is 5.58 Å². The van der Waals surface area contributed by atoms with Crippen molar-refractivity contribution in [2.45, 2.75) is 19.4 Å². The van der Waals surface area contributed by atoms with Crippen LogP contribution in [0.3, 0.4) is 0 Å². The molecule has 130 valence electrons. The Bertz CT molecular complexity index is 942. The molecule has 0 bridgehead atoms. The number of oxazole rings is 1. The molecule has 0 unspecified atom stereocenters. The Morgan fingerprint density at radius 3 is 2.64 bits per heavy atom. The number of hydrogen-bond acceptors (Lipinski definition) is 4. The van der Waals surface area contributed by atoms with Crippen molar-refractivity contribution in [3.05, 3.63) is 63.6 Å². The van der Waals surface area contributed by atoms with Crippen LogP contribution in [0.2, 0.25) is 5.02 Å². The van der Waals surface area contributed by atoms with E-state index in [4.69, 9.17) is 25.9 Å². The van der Waals surface area contributed by atoms with Gasteiger partial charge in [-0.3, -0.25) is 4.57 Å². The molecule has 2 aromatic carbocycles. The largest absolute Gasteiger partial charge is 0.494 e. The Labute approximate surface area is 148 Å². The summed E-state index contributed by atoms with van der Waals surface area (Å²) >= 11 is 5.81. The fourth-order valence-electron chi connectivity index (χ4n) is 2.50. The molecule has 0 fully saturated rings. The molecule has 7 heteroatoms. The molecular formula is C18H16ClNO5. The molecule has 3 aromatic rings. The third-order valence-electron chi connectivity index (χ3n) is 3.77. The van der Waals surface area contributed by atoms with Crippen molar-refractivity contribution in [1.29, 1.82) is 0 Å². The zero-order chi connectivity index (χ0) is 17.8. The van der Waals surface area contributed by atoms with Gasteiger partial charge in [-0.05, 0) is 55.3 Å². The number of halogens is 1. The summed E-state index contributed by atoms with van der Waals surface area (Å²) in [6.07, 6.45) is 1.48. The van der Waals surface area contributed by atoms with E-state index >= 15 is 0 Å². The predicted octanol–water partition coefficient (Wildman–Crippen LogP) is 3.81. The van der Waals surface area contributed by atoms with Crippen LogP contribution in [0.4, 0.5) is 0 Å². The first-order valence-corrected chi connectivity index (χ1v) is 8.17. The molecule has 0 amide bonds. The standard InChI is InChI=1S/C18H16ClNO5/c19-13-4-6-14(7-5-13)24-10-2-1-9-20-15-8-3-12(17(21)22)11-16(15)25-18(20)23/h3-8,11H,1-2,9-10H2,(H,21,22). The van der Waals surface area contributed by atoms with Crippen LogP contribution in [0.25, 0.3) is 11.1 Å². The van der Waals surface area contributed by atoms with Crippen molar-refractivity contribution in [2.24, 2.45) is 0 Å². The maximum Gasteiger partial charge on any atom is 0.419 e. The lowest BCUT2D eigenvalue weighted by atomic mass is 10.2. The highest BCUT2D eigenvalue weighted by Gasteiger charge is 2.12. The second-order valence-electron chi connectivity index (χ2n) is 5.52. The Morgan fingerprint density at radius 1 is 1.16 bits per heavy atom. The van der Waals surface area contributed by atoms with E-state index in [0.29, 0.717) is 23.7 Å². The predicted molar refractivity (Wildman–Crippen MR) is 93.6 cm³/mol. The number of carbonyl (C=O) groups is 1. The van der Waals surface area contributed by atoms with Gasteiger partial charge in [0.1, 0.15) is 5.75 Å². The zero-order valence-electron chi connectivity index (χ0n) is 13.3. The summed E-state index contributed by atoms with van der Waals surface area (Å²) in [6, 6.07) is 11.5. The van der Waals surface area contributed by atoms with Crippen LogP contribution in [0.5, 0.6) is 5.75 Å². The van der Waals surface area contributed by atoms with Gasteiger partial charge in [0.05, 0.1) is 17.7 Å². The lowest BCUT2D eigenvalue weighted by molar-refractivity contribution is 0.0697. The van der Waals surface area contributed by atoms with E-state index in [0.717, 1.165) is 18.6 Å². The average Bonchev–Trinajstić information content (AvgIpc) is 2.91. The maximum atomic E-state index is 11.9. The third-order valence-corrected chi connectivity index (χ3v) is 4.03. The van der Waals surface area contributed by atoms with Gasteiger partial charge in [-0.1, -0.05) is 11.6 Å². The van der Waals surface area contributed by atoms with Gasteiger partial charge in [-0.2, -0.15) is 0 Å². The number of hydrogen-bond donors (Lipinski definition) is 1.